The van der Waals surface area contributed by atoms with E-state index in [9.17, 15) is 13.2 Å². The lowest BCUT2D eigenvalue weighted by atomic mass is 10.1. The molecule has 0 fully saturated rings. The summed E-state index contributed by atoms with van der Waals surface area (Å²) in [6, 6.07) is 19.2. The smallest absolute Gasteiger partial charge is 0.335 e. The molecule has 3 aromatic carbocycles. The van der Waals surface area contributed by atoms with Crippen molar-refractivity contribution >= 4 is 33.3 Å². The van der Waals surface area contributed by atoms with Gasteiger partial charge >= 0.3 is 5.97 Å². The highest BCUT2D eigenvalue weighted by Gasteiger charge is 2.16. The molecule has 0 aromatic heterocycles. The van der Waals surface area contributed by atoms with E-state index in [1.54, 1.807) is 42.5 Å². The summed E-state index contributed by atoms with van der Waals surface area (Å²) in [7, 11) is -3.79. The van der Waals surface area contributed by atoms with E-state index < -0.39 is 16.0 Å². The number of hydrogen-bond acceptors (Lipinski definition) is 4. The number of hydrogen-bond donors (Lipinski definition) is 2. The summed E-state index contributed by atoms with van der Waals surface area (Å²) < 4.78 is 33.4. The Hall–Kier alpha value is -3.03. The van der Waals surface area contributed by atoms with Gasteiger partial charge in [-0.15, -0.1) is 0 Å². The zero-order valence-corrected chi connectivity index (χ0v) is 16.8. The highest BCUT2D eigenvalue weighted by Crippen LogP contribution is 2.30. The minimum absolute atomic E-state index is 0.129. The van der Waals surface area contributed by atoms with Gasteiger partial charge in [-0.05, 0) is 48.0 Å². The van der Waals surface area contributed by atoms with Gasteiger partial charge in [-0.1, -0.05) is 41.9 Å². The van der Waals surface area contributed by atoms with E-state index in [4.69, 9.17) is 21.4 Å². The molecule has 2 N–H and O–H groups in total. The van der Waals surface area contributed by atoms with E-state index >= 15 is 0 Å². The monoisotopic (exact) mass is 431 g/mol. The average Bonchev–Trinajstić information content (AvgIpc) is 2.70. The fraction of sp³-hybridized carbons (Fsp3) is 0.0952. The molecular weight excluding hydrogens is 414 g/mol. The second kappa shape index (κ2) is 8.98. The first-order valence-corrected chi connectivity index (χ1v) is 10.5. The second-order valence-electron chi connectivity index (χ2n) is 6.16. The first-order chi connectivity index (χ1) is 13.8. The summed E-state index contributed by atoms with van der Waals surface area (Å²) in [5.41, 5.74) is 1.35. The normalized spacial score (nSPS) is 11.1. The van der Waals surface area contributed by atoms with Gasteiger partial charge in [0.1, 0.15) is 5.75 Å². The fourth-order valence-corrected chi connectivity index (χ4v) is 3.86. The Bertz CT molecular complexity index is 1100. The predicted molar refractivity (Wildman–Crippen MR) is 111 cm³/mol. The van der Waals surface area contributed by atoms with Crippen molar-refractivity contribution < 1.29 is 23.1 Å². The SMILES string of the molecule is O=C(O)c1ccc(CCOc2ccc(Cl)cc2NS(=O)(=O)c2ccccc2)cc1. The highest BCUT2D eigenvalue weighted by atomic mass is 35.5. The summed E-state index contributed by atoms with van der Waals surface area (Å²) in [4.78, 5) is 11.0. The number of halogens is 1. The number of ether oxygens (including phenoxy) is 1. The zero-order chi connectivity index (χ0) is 20.9. The summed E-state index contributed by atoms with van der Waals surface area (Å²) in [6.07, 6.45) is 0.521. The Morgan fingerprint density at radius 1 is 1.00 bits per heavy atom. The molecule has 29 heavy (non-hydrogen) atoms. The molecule has 0 unspecified atom stereocenters. The largest absolute Gasteiger partial charge is 0.491 e. The number of sulfonamides is 1. The molecule has 0 saturated carbocycles. The molecule has 6 nitrogen and oxygen atoms in total. The molecule has 8 heteroatoms. The van der Waals surface area contributed by atoms with Crippen LogP contribution in [0, 0.1) is 0 Å². The summed E-state index contributed by atoms with van der Waals surface area (Å²) in [5, 5.41) is 9.30. The third kappa shape index (κ3) is 5.49. The van der Waals surface area contributed by atoms with Crippen molar-refractivity contribution in [2.24, 2.45) is 0 Å². The molecule has 0 aliphatic carbocycles. The van der Waals surface area contributed by atoms with Gasteiger partial charge in [-0.2, -0.15) is 0 Å². The van der Waals surface area contributed by atoms with Crippen LogP contribution in [0.15, 0.2) is 77.7 Å². The van der Waals surface area contributed by atoms with Gasteiger partial charge in [0.2, 0.25) is 0 Å². The minimum atomic E-state index is -3.79. The average molecular weight is 432 g/mol. The van der Waals surface area contributed by atoms with Crippen molar-refractivity contribution in [3.05, 3.63) is 88.9 Å². The van der Waals surface area contributed by atoms with Gasteiger partial charge in [-0.3, -0.25) is 4.72 Å². The summed E-state index contributed by atoms with van der Waals surface area (Å²) in [6.45, 7) is 0.272. The van der Waals surface area contributed by atoms with E-state index in [0.717, 1.165) is 5.56 Å². The highest BCUT2D eigenvalue weighted by molar-refractivity contribution is 7.92. The van der Waals surface area contributed by atoms with Crippen LogP contribution in [0.2, 0.25) is 5.02 Å². The Labute approximate surface area is 173 Å². The molecule has 0 heterocycles. The van der Waals surface area contributed by atoms with Crippen LogP contribution in [0.5, 0.6) is 5.75 Å². The van der Waals surface area contributed by atoms with Crippen molar-refractivity contribution in [1.82, 2.24) is 0 Å². The molecule has 0 saturated heterocycles. The molecule has 0 amide bonds. The molecule has 0 aliphatic rings. The van der Waals surface area contributed by atoms with Crippen LogP contribution in [0.1, 0.15) is 15.9 Å². The van der Waals surface area contributed by atoms with Crippen LogP contribution in [0.4, 0.5) is 5.69 Å². The molecular formula is C21H18ClNO5S. The van der Waals surface area contributed by atoms with Crippen molar-refractivity contribution in [3.63, 3.8) is 0 Å². The lowest BCUT2D eigenvalue weighted by Crippen LogP contribution is -2.14. The van der Waals surface area contributed by atoms with Crippen LogP contribution >= 0.6 is 11.6 Å². The molecule has 0 spiro atoms. The summed E-state index contributed by atoms with van der Waals surface area (Å²) in [5.74, 6) is -0.639. The van der Waals surface area contributed by atoms with Crippen LogP contribution in [-0.2, 0) is 16.4 Å². The lowest BCUT2D eigenvalue weighted by molar-refractivity contribution is 0.0697. The number of nitrogens with one attached hydrogen (secondary N) is 1. The maximum atomic E-state index is 12.6. The summed E-state index contributed by atoms with van der Waals surface area (Å²) >= 11 is 6.02. The van der Waals surface area contributed by atoms with E-state index in [2.05, 4.69) is 4.72 Å². The molecule has 3 aromatic rings. The molecule has 150 valence electrons. The zero-order valence-electron chi connectivity index (χ0n) is 15.2. The predicted octanol–water partition coefficient (Wildman–Crippen LogP) is 4.46. The van der Waals surface area contributed by atoms with E-state index in [1.165, 1.54) is 30.3 Å². The van der Waals surface area contributed by atoms with Gasteiger partial charge in [0.15, 0.2) is 0 Å². The number of carboxylic acid groups (broad SMARTS) is 1. The Morgan fingerprint density at radius 2 is 1.69 bits per heavy atom. The third-order valence-corrected chi connectivity index (χ3v) is 5.71. The number of carboxylic acids is 1. The Balaban J connectivity index is 1.71. The fourth-order valence-electron chi connectivity index (χ4n) is 2.60. The minimum Gasteiger partial charge on any atom is -0.491 e. The first kappa shape index (κ1) is 20.7. The molecule has 3 rings (SSSR count). The molecule has 0 atom stereocenters. The first-order valence-electron chi connectivity index (χ1n) is 8.67. The second-order valence-corrected chi connectivity index (χ2v) is 8.28. The van der Waals surface area contributed by atoms with Crippen LogP contribution in [0.25, 0.3) is 0 Å². The van der Waals surface area contributed by atoms with Gasteiger partial charge in [0.25, 0.3) is 10.0 Å². The lowest BCUT2D eigenvalue weighted by Gasteiger charge is -2.14. The van der Waals surface area contributed by atoms with Crippen molar-refractivity contribution in [2.75, 3.05) is 11.3 Å². The maximum Gasteiger partial charge on any atom is 0.335 e. The van der Waals surface area contributed by atoms with Gasteiger partial charge in [0.05, 0.1) is 22.8 Å². The van der Waals surface area contributed by atoms with E-state index in [1.807, 2.05) is 0 Å². The number of anilines is 1. The number of rotatable bonds is 8. The quantitative estimate of drug-likeness (QED) is 0.549. The Kier molecular flexibility index (Phi) is 6.41. The topological polar surface area (TPSA) is 92.7 Å². The van der Waals surface area contributed by atoms with Crippen LogP contribution in [-0.4, -0.2) is 26.1 Å². The van der Waals surface area contributed by atoms with Crippen molar-refractivity contribution in [1.29, 1.82) is 0 Å². The number of carbonyl (C=O) groups is 1. The van der Waals surface area contributed by atoms with Crippen LogP contribution in [0.3, 0.4) is 0 Å². The van der Waals surface area contributed by atoms with E-state index in [0.29, 0.717) is 17.2 Å². The standard InChI is InChI=1S/C21H18ClNO5S/c22-17-10-11-20(28-13-12-15-6-8-16(9-7-15)21(24)25)19(14-17)23-29(26,27)18-4-2-1-3-5-18/h1-11,14,23H,12-13H2,(H,24,25). The Morgan fingerprint density at radius 3 is 2.34 bits per heavy atom. The maximum absolute atomic E-state index is 12.6. The van der Waals surface area contributed by atoms with Crippen molar-refractivity contribution in [3.8, 4) is 5.75 Å². The van der Waals surface area contributed by atoms with Gasteiger partial charge < -0.3 is 9.84 Å². The third-order valence-electron chi connectivity index (χ3n) is 4.09. The molecule has 0 bridgehead atoms. The van der Waals surface area contributed by atoms with Gasteiger partial charge in [0, 0.05) is 11.4 Å². The number of benzene rings is 3. The molecule has 0 aliphatic heterocycles. The van der Waals surface area contributed by atoms with Crippen molar-refractivity contribution in [2.45, 2.75) is 11.3 Å². The van der Waals surface area contributed by atoms with E-state index in [-0.39, 0.29) is 22.8 Å². The van der Waals surface area contributed by atoms with Crippen LogP contribution < -0.4 is 9.46 Å². The number of aromatic carboxylic acids is 1. The molecule has 0 radical (unpaired) electrons. The van der Waals surface area contributed by atoms with Gasteiger partial charge in [-0.25, -0.2) is 13.2 Å².